The van der Waals surface area contributed by atoms with E-state index in [1.807, 2.05) is 43.4 Å². The van der Waals surface area contributed by atoms with Gasteiger partial charge in [-0.25, -0.2) is 0 Å². The second kappa shape index (κ2) is 14.7. The van der Waals surface area contributed by atoms with Crippen molar-refractivity contribution >= 4 is 18.2 Å². The lowest BCUT2D eigenvalue weighted by Gasteiger charge is -2.20. The zero-order valence-corrected chi connectivity index (χ0v) is 18.4. The molecule has 2 N–H and O–H groups in total. The maximum absolute atomic E-state index is 11.8. The lowest BCUT2D eigenvalue weighted by molar-refractivity contribution is -0.132. The fraction of sp³-hybridized carbons (Fsp3) is 0.391. The molecular formula is C23H32N4O4. The third-order valence-corrected chi connectivity index (χ3v) is 4.25. The highest BCUT2D eigenvalue weighted by atomic mass is 16.6. The van der Waals surface area contributed by atoms with Crippen LogP contribution in [-0.4, -0.2) is 67.5 Å². The molecule has 8 nitrogen and oxygen atoms in total. The second-order valence-electron chi connectivity index (χ2n) is 6.93. The monoisotopic (exact) mass is 428 g/mol. The third kappa shape index (κ3) is 10.9. The van der Waals surface area contributed by atoms with Crippen molar-refractivity contribution in [2.45, 2.75) is 31.9 Å². The van der Waals surface area contributed by atoms with E-state index in [9.17, 15) is 14.4 Å². The number of allylic oxidation sites excluding steroid dienone is 4. The summed E-state index contributed by atoms with van der Waals surface area (Å²) in [6.07, 6.45) is 10.6. The maximum atomic E-state index is 11.8. The first kappa shape index (κ1) is 25.8. The van der Waals surface area contributed by atoms with Crippen molar-refractivity contribution in [1.29, 1.82) is 0 Å². The molecule has 1 aromatic heterocycles. The first-order chi connectivity index (χ1) is 14.9. The van der Waals surface area contributed by atoms with E-state index in [-0.39, 0.29) is 17.9 Å². The van der Waals surface area contributed by atoms with E-state index < -0.39 is 6.04 Å². The lowest BCUT2D eigenvalue weighted by Crippen LogP contribution is -2.43. The number of likely N-dealkylation sites (N-methyl/N-ethyl adjacent to an activating group) is 1. The predicted octanol–water partition coefficient (Wildman–Crippen LogP) is 1.41. The number of hydrogen-bond acceptors (Lipinski definition) is 5. The molecule has 168 valence electrons. The van der Waals surface area contributed by atoms with E-state index in [2.05, 4.69) is 22.2 Å². The Hall–Kier alpha value is -3.26. The molecule has 0 radical (unpaired) electrons. The van der Waals surface area contributed by atoms with Crippen LogP contribution in [0, 0.1) is 0 Å². The van der Waals surface area contributed by atoms with Crippen molar-refractivity contribution in [2.24, 2.45) is 0 Å². The van der Waals surface area contributed by atoms with Gasteiger partial charge in [-0.3, -0.25) is 19.4 Å². The van der Waals surface area contributed by atoms with Crippen molar-refractivity contribution in [1.82, 2.24) is 20.5 Å². The number of carbonyl (C=O) groups excluding carboxylic acids is 3. The van der Waals surface area contributed by atoms with Crippen LogP contribution in [0.3, 0.4) is 0 Å². The van der Waals surface area contributed by atoms with E-state index in [1.165, 1.54) is 4.90 Å². The van der Waals surface area contributed by atoms with E-state index in [0.29, 0.717) is 26.0 Å². The minimum atomic E-state index is -0.544. The van der Waals surface area contributed by atoms with Crippen LogP contribution in [-0.2, 0) is 25.5 Å². The number of hydrogen-bond donors (Lipinski definition) is 2. The zero-order chi connectivity index (χ0) is 23.1. The quantitative estimate of drug-likeness (QED) is 0.315. The molecule has 2 rings (SSSR count). The topological polar surface area (TPSA) is 104 Å². The van der Waals surface area contributed by atoms with Gasteiger partial charge >= 0.3 is 0 Å². The minimum Gasteiger partial charge on any atom is -0.363 e. The van der Waals surface area contributed by atoms with Crippen LogP contribution in [0.2, 0.25) is 0 Å². The number of pyridine rings is 1. The summed E-state index contributed by atoms with van der Waals surface area (Å²) >= 11 is 0. The highest BCUT2D eigenvalue weighted by Gasteiger charge is 2.30. The van der Waals surface area contributed by atoms with Gasteiger partial charge in [-0.1, -0.05) is 36.9 Å². The Labute approximate surface area is 184 Å². The van der Waals surface area contributed by atoms with Crippen molar-refractivity contribution in [2.75, 3.05) is 27.2 Å². The van der Waals surface area contributed by atoms with Gasteiger partial charge in [0.1, 0.15) is 6.04 Å². The first-order valence-electron chi connectivity index (χ1n) is 10.1. The molecule has 1 aromatic rings. The Morgan fingerprint density at radius 2 is 2.13 bits per heavy atom. The molecule has 0 bridgehead atoms. The Kier molecular flexibility index (Phi) is 12.2. The number of nitrogens with one attached hydrogen (secondary N) is 2. The Balaban J connectivity index is 0.000000314. The maximum Gasteiger partial charge on any atom is 0.251 e. The summed E-state index contributed by atoms with van der Waals surface area (Å²) in [6, 6.07) is 5.21. The van der Waals surface area contributed by atoms with Crippen LogP contribution in [0.4, 0.5) is 0 Å². The molecule has 2 unspecified atom stereocenters. The number of ether oxygens (including phenoxy) is 1. The van der Waals surface area contributed by atoms with Crippen LogP contribution in [0.1, 0.15) is 19.0 Å². The summed E-state index contributed by atoms with van der Waals surface area (Å²) in [5.74, 6) is -0.147. The van der Waals surface area contributed by atoms with Gasteiger partial charge in [-0.15, -0.1) is 0 Å². The zero-order valence-electron chi connectivity index (χ0n) is 18.4. The largest absolute Gasteiger partial charge is 0.363 e. The number of aromatic nitrogens is 1. The van der Waals surface area contributed by atoms with Crippen molar-refractivity contribution < 1.29 is 19.1 Å². The van der Waals surface area contributed by atoms with Crippen LogP contribution in [0.15, 0.2) is 60.9 Å². The molecule has 1 saturated heterocycles. The van der Waals surface area contributed by atoms with Gasteiger partial charge in [0.2, 0.25) is 12.3 Å². The van der Waals surface area contributed by atoms with Crippen LogP contribution in [0.25, 0.3) is 0 Å². The molecule has 1 aliphatic heterocycles. The highest BCUT2D eigenvalue weighted by Crippen LogP contribution is 2.09. The summed E-state index contributed by atoms with van der Waals surface area (Å²) < 4.78 is 4.85. The molecule has 0 spiro atoms. The third-order valence-electron chi connectivity index (χ3n) is 4.25. The number of rotatable bonds is 11. The second-order valence-corrected chi connectivity index (χ2v) is 6.93. The SMILES string of the molecule is C=C/C(=C\C=C/C)CC(NC=O)C(=O)N(C)C.O=C(NCCc1ccccn1)C1CO1. The average molecular weight is 429 g/mol. The Morgan fingerprint density at radius 1 is 1.39 bits per heavy atom. The normalized spacial score (nSPS) is 15.8. The van der Waals surface area contributed by atoms with Gasteiger partial charge in [0.15, 0.2) is 6.10 Å². The van der Waals surface area contributed by atoms with Crippen molar-refractivity contribution in [3.63, 3.8) is 0 Å². The number of epoxide rings is 1. The van der Waals surface area contributed by atoms with Gasteiger partial charge in [0.05, 0.1) is 6.61 Å². The first-order valence-corrected chi connectivity index (χ1v) is 10.1. The number of nitrogens with zero attached hydrogens (tertiary/aromatic N) is 2. The van der Waals surface area contributed by atoms with E-state index in [4.69, 9.17) is 4.74 Å². The molecule has 0 saturated carbocycles. The minimum absolute atomic E-state index is 0.0130. The van der Waals surface area contributed by atoms with Crippen LogP contribution < -0.4 is 10.6 Å². The summed E-state index contributed by atoms with van der Waals surface area (Å²) in [7, 11) is 3.32. The van der Waals surface area contributed by atoms with Gasteiger partial charge in [0.25, 0.3) is 5.91 Å². The van der Waals surface area contributed by atoms with Gasteiger partial charge in [-0.05, 0) is 24.6 Å². The Bertz CT molecular complexity index is 771. The van der Waals surface area contributed by atoms with E-state index in [0.717, 1.165) is 17.7 Å². The van der Waals surface area contributed by atoms with Gasteiger partial charge in [0, 0.05) is 45.4 Å². The number of amides is 3. The average Bonchev–Trinajstić information content (AvgIpc) is 3.62. The molecule has 1 aliphatic rings. The van der Waals surface area contributed by atoms with Crippen molar-refractivity contribution in [3.8, 4) is 0 Å². The molecule has 1 fully saturated rings. The summed E-state index contributed by atoms with van der Waals surface area (Å²) in [5, 5.41) is 5.31. The summed E-state index contributed by atoms with van der Waals surface area (Å²) in [4.78, 5) is 39.0. The van der Waals surface area contributed by atoms with Crippen LogP contribution >= 0.6 is 0 Å². The molecule has 2 heterocycles. The fourth-order valence-electron chi connectivity index (χ4n) is 2.46. The molecule has 0 aliphatic carbocycles. The molecule has 0 aromatic carbocycles. The summed E-state index contributed by atoms with van der Waals surface area (Å²) in [5.41, 5.74) is 1.89. The van der Waals surface area contributed by atoms with Gasteiger partial charge in [-0.2, -0.15) is 0 Å². The molecular weight excluding hydrogens is 396 g/mol. The molecule has 3 amide bonds. The fourth-order valence-corrected chi connectivity index (χ4v) is 2.46. The van der Waals surface area contributed by atoms with Crippen LogP contribution in [0.5, 0.6) is 0 Å². The smallest absolute Gasteiger partial charge is 0.251 e. The van der Waals surface area contributed by atoms with Gasteiger partial charge < -0.3 is 20.3 Å². The molecule has 31 heavy (non-hydrogen) atoms. The molecule has 8 heteroatoms. The van der Waals surface area contributed by atoms with E-state index >= 15 is 0 Å². The number of carbonyl (C=O) groups is 3. The highest BCUT2D eigenvalue weighted by molar-refractivity contribution is 5.83. The standard InChI is InChI=1S/C13H20N2O2.C10H12N2O2/c1-5-7-8-11(6-2)9-12(14-10-16)13(17)15(3)4;13-10(9-7-14-9)12-6-4-8-3-1-2-5-11-8/h5-8,10,12H,2,9H2,1,3-4H3,(H,14,16);1-3,5,9H,4,6-7H2,(H,12,13)/b7-5-,11-8+;. The predicted molar refractivity (Wildman–Crippen MR) is 120 cm³/mol. The van der Waals surface area contributed by atoms with Crippen molar-refractivity contribution in [3.05, 3.63) is 66.5 Å². The molecule has 2 atom stereocenters. The van der Waals surface area contributed by atoms with E-state index in [1.54, 1.807) is 26.4 Å². The Morgan fingerprint density at radius 3 is 2.65 bits per heavy atom. The lowest BCUT2D eigenvalue weighted by atomic mass is 10.0. The summed E-state index contributed by atoms with van der Waals surface area (Å²) in [6.45, 7) is 6.78.